The van der Waals surface area contributed by atoms with Crippen LogP contribution in [0.5, 0.6) is 0 Å². The summed E-state index contributed by atoms with van der Waals surface area (Å²) in [6.45, 7) is 12.0. The Hall–Kier alpha value is -7.67. The highest BCUT2D eigenvalue weighted by molar-refractivity contribution is 6.60. The number of H-pyrrole nitrogens is 2. The Morgan fingerprint density at radius 2 is 1.21 bits per heavy atom. The lowest BCUT2D eigenvalue weighted by Crippen LogP contribution is -2.48. The van der Waals surface area contributed by atoms with Gasteiger partial charge in [0.05, 0.1) is 36.9 Å². The van der Waals surface area contributed by atoms with E-state index in [1.807, 2.05) is 13.8 Å². The molecule has 0 spiro atoms. The lowest BCUT2D eigenvalue weighted by atomic mass is 9.74. The standard InChI is InChI=1S/C13H17N3O3.C10H10N4O4.C10H13N3O4.C8H9ClN2O2/c1-4-8(17)16-12-11(19)10-7(6-14-12)15-9(18)5-13(10,2)3;1-2-5(15)13-8-7(16)6-4(3-11-8)12-9(17)10(18)14-6;1-6(14)12-7-3-8(15)10(11-4-7)13-9(16)5-17-2;1-4-3-10-8(11-5(2)12)7(13)6(4)9/h4-6H2,1-3H3,(H,15,18)(H,14,16,17);2-3H2,1H3,(H,12,17)(H,14,18)(H,11,13,15);3H,4-5H2,1-2H3,(H,12,14)(H,11,13,16);3H2,1-2H3,(H,10,11,12). The summed E-state index contributed by atoms with van der Waals surface area (Å²) >= 11 is 5.69. The minimum absolute atomic E-state index is 0.0203. The zero-order valence-electron chi connectivity index (χ0n) is 37.7. The van der Waals surface area contributed by atoms with Crippen LogP contribution in [0.4, 0.5) is 0 Å². The molecule has 0 saturated carbocycles. The molecule has 0 aromatic carbocycles. The second-order valence-corrected chi connectivity index (χ2v) is 15.5. The Morgan fingerprint density at radius 3 is 1.78 bits per heavy atom. The average molecular weight is 953 g/mol. The van der Waals surface area contributed by atoms with Gasteiger partial charge in [-0.1, -0.05) is 39.3 Å². The number of amidine groups is 4. The summed E-state index contributed by atoms with van der Waals surface area (Å²) in [5.41, 5.74) is 0.151. The molecule has 8 N–H and O–H groups in total. The van der Waals surface area contributed by atoms with E-state index in [1.165, 1.54) is 27.0 Å². The third-order valence-electron chi connectivity index (χ3n) is 9.09. The molecule has 67 heavy (non-hydrogen) atoms. The minimum atomic E-state index is -0.912. The van der Waals surface area contributed by atoms with E-state index < -0.39 is 39.8 Å². The number of methoxy groups -OCH3 is 1. The maximum Gasteiger partial charge on any atom is 0.314 e. The molecule has 1 aromatic heterocycles. The number of halogens is 1. The van der Waals surface area contributed by atoms with Crippen LogP contribution in [0.25, 0.3) is 0 Å². The van der Waals surface area contributed by atoms with E-state index in [0.29, 0.717) is 29.9 Å². The quantitative estimate of drug-likeness (QED) is 0.154. The number of carbonyl (C=O) groups excluding carboxylic acids is 10. The maximum absolute atomic E-state index is 12.4. The van der Waals surface area contributed by atoms with Gasteiger partial charge in [0, 0.05) is 68.7 Å². The highest BCUT2D eigenvalue weighted by atomic mass is 35.5. The molecule has 1 aromatic rings. The number of nitrogens with zero attached hydrogens (tertiary/aromatic N) is 4. The van der Waals surface area contributed by atoms with Crippen LogP contribution in [0.15, 0.2) is 63.2 Å². The van der Waals surface area contributed by atoms with Crippen molar-refractivity contribution in [2.75, 3.05) is 33.4 Å². The molecule has 0 saturated heterocycles. The first-order chi connectivity index (χ1) is 31.4. The van der Waals surface area contributed by atoms with Gasteiger partial charge in [0.15, 0.2) is 23.3 Å². The first-order valence-corrected chi connectivity index (χ1v) is 20.5. The minimum Gasteiger partial charge on any atom is -0.375 e. The lowest BCUT2D eigenvalue weighted by molar-refractivity contribution is -0.124. The summed E-state index contributed by atoms with van der Waals surface area (Å²) < 4.78 is 4.60. The number of nitrogens with one attached hydrogen (secondary N) is 8. The zero-order valence-corrected chi connectivity index (χ0v) is 38.5. The van der Waals surface area contributed by atoms with Gasteiger partial charge in [0.25, 0.3) is 5.91 Å². The molecule has 0 unspecified atom stereocenters. The van der Waals surface area contributed by atoms with Crippen LogP contribution in [0.3, 0.4) is 0 Å². The third kappa shape index (κ3) is 15.2. The van der Waals surface area contributed by atoms with Crippen LogP contribution in [0.1, 0.15) is 83.9 Å². The number of Topliss-reactive ketones (excluding diaryl/α,β-unsaturated/α-hetero) is 3. The van der Waals surface area contributed by atoms with Gasteiger partial charge in [-0.25, -0.2) is 0 Å². The zero-order chi connectivity index (χ0) is 50.3. The van der Waals surface area contributed by atoms with Crippen LogP contribution in [-0.2, 0) is 54.4 Å². The number of aromatic nitrogens is 2. The maximum atomic E-state index is 12.4. The molecule has 26 heteroatoms. The summed E-state index contributed by atoms with van der Waals surface area (Å²) in [5.74, 6) is -3.59. The van der Waals surface area contributed by atoms with E-state index in [0.717, 1.165) is 5.57 Å². The van der Waals surface area contributed by atoms with Crippen molar-refractivity contribution < 1.29 is 52.7 Å². The van der Waals surface area contributed by atoms with Gasteiger partial charge >= 0.3 is 11.1 Å². The molecule has 0 bridgehead atoms. The van der Waals surface area contributed by atoms with Crippen molar-refractivity contribution in [3.63, 3.8) is 0 Å². The fourth-order valence-electron chi connectivity index (χ4n) is 6.00. The molecule has 6 rings (SSSR count). The monoisotopic (exact) mass is 952 g/mol. The molecule has 5 aliphatic heterocycles. The second-order valence-electron chi connectivity index (χ2n) is 15.1. The predicted molar refractivity (Wildman–Crippen MR) is 240 cm³/mol. The van der Waals surface area contributed by atoms with Crippen molar-refractivity contribution in [3.05, 3.63) is 65.7 Å². The van der Waals surface area contributed by atoms with Gasteiger partial charge in [0.2, 0.25) is 52.7 Å². The van der Waals surface area contributed by atoms with Crippen molar-refractivity contribution >= 4 is 93.5 Å². The topological polar surface area (TPSA) is 367 Å². The average Bonchev–Trinajstić information content (AvgIpc) is 3.24. The second kappa shape index (κ2) is 24.0. The first kappa shape index (κ1) is 53.7. The Morgan fingerprint density at radius 1 is 0.687 bits per heavy atom. The summed E-state index contributed by atoms with van der Waals surface area (Å²) in [7, 11) is 1.37. The predicted octanol–water partition coefficient (Wildman–Crippen LogP) is -1.66. The number of aromatic amines is 2. The molecule has 0 radical (unpaired) electrons. The van der Waals surface area contributed by atoms with Gasteiger partial charge < -0.3 is 46.6 Å². The van der Waals surface area contributed by atoms with Crippen molar-refractivity contribution in [1.29, 1.82) is 0 Å². The van der Waals surface area contributed by atoms with E-state index in [9.17, 15) is 57.5 Å². The number of fused-ring (bicyclic) bond motifs is 1. The van der Waals surface area contributed by atoms with Gasteiger partial charge in [-0.2, -0.15) is 0 Å². The number of ether oxygens (including phenoxy) is 1. The normalized spacial score (nSPS) is 16.9. The fourth-order valence-corrected chi connectivity index (χ4v) is 6.15. The van der Waals surface area contributed by atoms with Crippen molar-refractivity contribution in [2.45, 2.75) is 74.3 Å². The van der Waals surface area contributed by atoms with E-state index in [4.69, 9.17) is 11.6 Å². The van der Waals surface area contributed by atoms with Crippen LogP contribution < -0.4 is 43.0 Å². The number of amides is 6. The molecule has 6 amide bonds. The third-order valence-corrected chi connectivity index (χ3v) is 9.58. The van der Waals surface area contributed by atoms with Crippen LogP contribution in [-0.4, -0.2) is 125 Å². The fraction of sp³-hybridized carbons (Fsp3) is 0.415. The Labute approximate surface area is 386 Å². The Kier molecular flexibility index (Phi) is 19.2. The Bertz CT molecular complexity index is 2650. The van der Waals surface area contributed by atoms with Crippen molar-refractivity contribution in [1.82, 2.24) is 41.9 Å². The molecule has 0 aliphatic carbocycles. The summed E-state index contributed by atoms with van der Waals surface area (Å²) in [5, 5.41) is 14.8. The smallest absolute Gasteiger partial charge is 0.314 e. The molecule has 358 valence electrons. The van der Waals surface area contributed by atoms with Crippen molar-refractivity contribution in [3.8, 4) is 0 Å². The van der Waals surface area contributed by atoms with Gasteiger partial charge in [-0.3, -0.25) is 77.5 Å². The molecule has 0 fully saturated rings. The van der Waals surface area contributed by atoms with E-state index in [1.54, 1.807) is 20.8 Å². The number of ketones is 4. The van der Waals surface area contributed by atoms with E-state index in [2.05, 4.69) is 66.6 Å². The SMILES string of the molecule is CC(=O)NC1=NCC(C)=C(Cl)C1=O.CCC(=O)NC1=NCC2=C(C1=O)C(C)(C)CC(=O)N2.CCC(=O)NC1=NCc2[nH]c(=O)c(=O)[nH]c2C1=O.COCC(=O)NC1=NCC(NC(C)=O)=CC1=O. The molecular weight excluding hydrogens is 904 g/mol. The van der Waals surface area contributed by atoms with Crippen molar-refractivity contribution in [2.24, 2.45) is 25.4 Å². The molecule has 25 nitrogen and oxygen atoms in total. The van der Waals surface area contributed by atoms with Crippen LogP contribution in [0, 0.1) is 5.41 Å². The van der Waals surface area contributed by atoms with Gasteiger partial charge in [0.1, 0.15) is 12.3 Å². The number of hydrogen-bond acceptors (Lipinski definition) is 17. The van der Waals surface area contributed by atoms with E-state index >= 15 is 0 Å². The molecular formula is C41H49ClN12O13. The molecule has 0 atom stereocenters. The molecule has 6 heterocycles. The summed E-state index contributed by atoms with van der Waals surface area (Å²) in [6, 6.07) is 0. The number of rotatable bonds is 5. The molecule has 5 aliphatic rings. The number of hydrogen-bond donors (Lipinski definition) is 8. The van der Waals surface area contributed by atoms with E-state index in [-0.39, 0.29) is 114 Å². The largest absolute Gasteiger partial charge is 0.375 e. The lowest BCUT2D eigenvalue weighted by Gasteiger charge is -2.35. The Balaban J connectivity index is 0.000000239. The van der Waals surface area contributed by atoms with Crippen LogP contribution >= 0.6 is 11.6 Å². The number of aliphatic imine (C=N–C) groups is 4. The summed E-state index contributed by atoms with van der Waals surface area (Å²) in [4.78, 5) is 156. The number of carbonyl (C=O) groups is 10. The van der Waals surface area contributed by atoms with Gasteiger partial charge in [-0.05, 0) is 12.5 Å². The highest BCUT2D eigenvalue weighted by Gasteiger charge is 2.41. The van der Waals surface area contributed by atoms with Crippen LogP contribution in [0.2, 0.25) is 0 Å². The van der Waals surface area contributed by atoms with Gasteiger partial charge in [-0.15, -0.1) is 0 Å². The first-order valence-electron chi connectivity index (χ1n) is 20.2. The number of dihydropyridines is 3. The summed E-state index contributed by atoms with van der Waals surface area (Å²) in [6.07, 6.45) is 1.99. The highest BCUT2D eigenvalue weighted by Crippen LogP contribution is 2.37.